The molecule has 0 radical (unpaired) electrons. The van der Waals surface area contributed by atoms with Crippen LogP contribution in [-0.2, 0) is 16.6 Å². The van der Waals surface area contributed by atoms with Crippen molar-refractivity contribution in [1.29, 1.82) is 0 Å². The van der Waals surface area contributed by atoms with Crippen molar-refractivity contribution in [3.63, 3.8) is 0 Å². The van der Waals surface area contributed by atoms with Crippen LogP contribution < -0.4 is 15.4 Å². The molecule has 1 fully saturated rings. The Balaban J connectivity index is 2.18. The minimum Gasteiger partial charge on any atom is -0.357 e. The van der Waals surface area contributed by atoms with Crippen LogP contribution in [0, 0.1) is 0 Å². The Bertz CT molecular complexity index is 733. The van der Waals surface area contributed by atoms with E-state index in [1.807, 2.05) is 39.8 Å². The molecule has 0 atom stereocenters. The molecule has 7 heteroatoms. The average molecular weight is 395 g/mol. The molecule has 0 aromatic heterocycles. The van der Waals surface area contributed by atoms with Gasteiger partial charge in [0.25, 0.3) is 0 Å². The lowest BCUT2D eigenvalue weighted by Crippen LogP contribution is -2.44. The molecule has 1 aliphatic rings. The summed E-state index contributed by atoms with van der Waals surface area (Å²) in [6, 6.07) is 7.50. The molecule has 3 N–H and O–H groups in total. The number of sulfonamides is 1. The molecule has 0 aliphatic heterocycles. The number of hydrogen-bond donors (Lipinski definition) is 3. The smallest absolute Gasteiger partial charge is 0.241 e. The van der Waals surface area contributed by atoms with Crippen molar-refractivity contribution in [2.75, 3.05) is 6.54 Å². The van der Waals surface area contributed by atoms with Crippen molar-refractivity contribution < 1.29 is 8.42 Å². The molecular weight excluding hydrogens is 360 g/mol. The summed E-state index contributed by atoms with van der Waals surface area (Å²) in [5.41, 5.74) is 0.155. The summed E-state index contributed by atoms with van der Waals surface area (Å²) in [4.78, 5) is 4.94. The average Bonchev–Trinajstić information content (AvgIpc) is 2.59. The van der Waals surface area contributed by atoms with Crippen LogP contribution in [0.4, 0.5) is 0 Å². The van der Waals surface area contributed by atoms with Crippen molar-refractivity contribution in [2.24, 2.45) is 4.99 Å². The molecule has 0 saturated heterocycles. The molecule has 0 heterocycles. The number of nitrogens with one attached hydrogen (secondary N) is 3. The highest BCUT2D eigenvalue weighted by molar-refractivity contribution is 7.89. The van der Waals surface area contributed by atoms with E-state index in [9.17, 15) is 8.42 Å². The van der Waals surface area contributed by atoms with Crippen LogP contribution in [-0.4, -0.2) is 32.5 Å². The minimum absolute atomic E-state index is 0.289. The molecule has 1 saturated carbocycles. The second-order valence-corrected chi connectivity index (χ2v) is 9.79. The zero-order chi connectivity index (χ0) is 19.9. The van der Waals surface area contributed by atoms with Crippen LogP contribution in [0.15, 0.2) is 34.2 Å². The van der Waals surface area contributed by atoms with Crippen molar-refractivity contribution in [2.45, 2.75) is 82.8 Å². The van der Waals surface area contributed by atoms with E-state index in [0.29, 0.717) is 18.2 Å². The van der Waals surface area contributed by atoms with Gasteiger partial charge in [0.2, 0.25) is 10.0 Å². The third-order valence-corrected chi connectivity index (χ3v) is 6.26. The molecule has 0 spiro atoms. The van der Waals surface area contributed by atoms with Crippen molar-refractivity contribution in [3.05, 3.63) is 29.8 Å². The van der Waals surface area contributed by atoms with Crippen LogP contribution >= 0.6 is 0 Å². The second kappa shape index (κ2) is 9.55. The van der Waals surface area contributed by atoms with Gasteiger partial charge in [0.05, 0.1) is 11.4 Å². The fourth-order valence-corrected chi connectivity index (χ4v) is 4.93. The second-order valence-electron chi connectivity index (χ2n) is 8.14. The van der Waals surface area contributed by atoms with Crippen molar-refractivity contribution in [1.82, 2.24) is 15.4 Å². The number of nitrogens with zero attached hydrogens (tertiary/aromatic N) is 1. The molecular formula is C20H34N4O2S. The summed E-state index contributed by atoms with van der Waals surface area (Å²) in [6.45, 7) is 8.62. The van der Waals surface area contributed by atoms with Gasteiger partial charge in [0.1, 0.15) is 0 Å². The first-order chi connectivity index (χ1) is 12.7. The van der Waals surface area contributed by atoms with Crippen LogP contribution in [0.3, 0.4) is 0 Å². The number of guanidine groups is 1. The Hall–Kier alpha value is -1.60. The first-order valence-corrected chi connectivity index (χ1v) is 11.4. The number of aliphatic imine (C=N–C) groups is 1. The van der Waals surface area contributed by atoms with Crippen LogP contribution in [0.1, 0.15) is 65.4 Å². The number of rotatable bonds is 6. The van der Waals surface area contributed by atoms with E-state index < -0.39 is 15.6 Å². The van der Waals surface area contributed by atoms with Gasteiger partial charge in [-0.15, -0.1) is 0 Å². The normalized spacial score (nSPS) is 17.0. The van der Waals surface area contributed by atoms with Crippen LogP contribution in [0.25, 0.3) is 0 Å². The van der Waals surface area contributed by atoms with Gasteiger partial charge < -0.3 is 10.6 Å². The minimum atomic E-state index is -3.60. The molecule has 0 amide bonds. The number of hydrogen-bond acceptors (Lipinski definition) is 3. The highest BCUT2D eigenvalue weighted by Crippen LogP contribution is 2.19. The monoisotopic (exact) mass is 394 g/mol. The van der Waals surface area contributed by atoms with Gasteiger partial charge in [-0.1, -0.05) is 37.5 Å². The predicted molar refractivity (Wildman–Crippen MR) is 111 cm³/mol. The molecule has 152 valence electrons. The Morgan fingerprint density at radius 3 is 2.44 bits per heavy atom. The summed E-state index contributed by atoms with van der Waals surface area (Å²) in [5, 5.41) is 6.77. The standard InChI is InChI=1S/C20H34N4O2S/c1-5-21-19(23-17-12-7-6-8-13-17)22-15-16-11-9-10-14-18(16)27(25,26)24-20(2,3)4/h9-11,14,17,24H,5-8,12-13,15H2,1-4H3,(H2,21,22,23). The lowest BCUT2D eigenvalue weighted by Gasteiger charge is -2.25. The van der Waals surface area contributed by atoms with Gasteiger partial charge in [-0.25, -0.2) is 18.1 Å². The third-order valence-electron chi connectivity index (χ3n) is 4.40. The van der Waals surface area contributed by atoms with Gasteiger partial charge in [-0.05, 0) is 52.2 Å². The van der Waals surface area contributed by atoms with Gasteiger partial charge in [0, 0.05) is 18.1 Å². The van der Waals surface area contributed by atoms with E-state index in [-0.39, 0.29) is 4.90 Å². The highest BCUT2D eigenvalue weighted by atomic mass is 32.2. The molecule has 0 unspecified atom stereocenters. The van der Waals surface area contributed by atoms with Crippen molar-refractivity contribution in [3.8, 4) is 0 Å². The predicted octanol–water partition coefficient (Wildman–Crippen LogP) is 3.15. The Kier molecular flexibility index (Phi) is 7.68. The lowest BCUT2D eigenvalue weighted by molar-refractivity contribution is 0.410. The molecule has 0 bridgehead atoms. The van der Waals surface area contributed by atoms with Gasteiger partial charge >= 0.3 is 0 Å². The highest BCUT2D eigenvalue weighted by Gasteiger charge is 2.24. The topological polar surface area (TPSA) is 82.6 Å². The molecule has 2 rings (SSSR count). The molecule has 27 heavy (non-hydrogen) atoms. The SMILES string of the molecule is CCNC(=NCc1ccccc1S(=O)(=O)NC(C)(C)C)NC1CCCCC1. The maximum absolute atomic E-state index is 12.8. The summed E-state index contributed by atoms with van der Waals surface area (Å²) >= 11 is 0. The summed E-state index contributed by atoms with van der Waals surface area (Å²) in [7, 11) is -3.60. The first kappa shape index (κ1) is 21.7. The summed E-state index contributed by atoms with van der Waals surface area (Å²) in [5.74, 6) is 0.750. The maximum Gasteiger partial charge on any atom is 0.241 e. The zero-order valence-corrected chi connectivity index (χ0v) is 17.8. The van der Waals surface area contributed by atoms with Crippen LogP contribution in [0.2, 0.25) is 0 Å². The molecule has 6 nitrogen and oxygen atoms in total. The van der Waals surface area contributed by atoms with E-state index >= 15 is 0 Å². The van der Waals surface area contributed by atoms with E-state index in [1.165, 1.54) is 19.3 Å². The van der Waals surface area contributed by atoms with Crippen LogP contribution in [0.5, 0.6) is 0 Å². The Morgan fingerprint density at radius 1 is 1.15 bits per heavy atom. The van der Waals surface area contributed by atoms with Crippen molar-refractivity contribution >= 4 is 16.0 Å². The zero-order valence-electron chi connectivity index (χ0n) is 17.0. The molecule has 1 aliphatic carbocycles. The number of benzene rings is 1. The first-order valence-electron chi connectivity index (χ1n) is 9.88. The fraction of sp³-hybridized carbons (Fsp3) is 0.650. The van der Waals surface area contributed by atoms with Gasteiger partial charge in [-0.3, -0.25) is 0 Å². The quantitative estimate of drug-likeness (QED) is 0.511. The van der Waals surface area contributed by atoms with E-state index in [1.54, 1.807) is 12.1 Å². The Labute approximate surface area is 164 Å². The molecule has 1 aromatic rings. The lowest BCUT2D eigenvalue weighted by atomic mass is 9.96. The van der Waals surface area contributed by atoms with E-state index in [0.717, 1.165) is 25.3 Å². The maximum atomic E-state index is 12.8. The van der Waals surface area contributed by atoms with E-state index in [2.05, 4.69) is 20.3 Å². The van der Waals surface area contributed by atoms with Gasteiger partial charge in [-0.2, -0.15) is 0 Å². The summed E-state index contributed by atoms with van der Waals surface area (Å²) < 4.78 is 28.3. The van der Waals surface area contributed by atoms with Gasteiger partial charge in [0.15, 0.2) is 5.96 Å². The largest absolute Gasteiger partial charge is 0.357 e. The summed E-state index contributed by atoms with van der Waals surface area (Å²) in [6.07, 6.45) is 6.11. The Morgan fingerprint density at radius 2 is 1.81 bits per heavy atom. The van der Waals surface area contributed by atoms with E-state index in [4.69, 9.17) is 0 Å². The molecule has 1 aromatic carbocycles. The third kappa shape index (κ3) is 7.14. The fourth-order valence-electron chi connectivity index (χ4n) is 3.28.